The minimum Gasteiger partial charge on any atom is -1.00 e. The summed E-state index contributed by atoms with van der Waals surface area (Å²) in [7, 11) is -9.22. The van der Waals surface area contributed by atoms with Crippen molar-refractivity contribution in [2.75, 3.05) is 0 Å². The first kappa shape index (κ1) is 18.2. The minimum absolute atomic E-state index is 0. The van der Waals surface area contributed by atoms with Crippen LogP contribution in [0, 0.1) is 0 Å². The SMILES string of the molecule is O[Si](O)(O)O.O[Si](O)(O)O.[Ca+2].[H-].[H-]. The summed E-state index contributed by atoms with van der Waals surface area (Å²) in [5.41, 5.74) is 0. The Labute approximate surface area is 96.6 Å². The topological polar surface area (TPSA) is 162 Å². The van der Waals surface area contributed by atoms with E-state index in [1.807, 2.05) is 0 Å². The molecule has 0 spiro atoms. The van der Waals surface area contributed by atoms with Gasteiger partial charge in [-0.1, -0.05) is 0 Å². The second kappa shape index (κ2) is 6.84. The number of hydrogen-bond acceptors (Lipinski definition) is 8. The predicted molar refractivity (Wildman–Crippen MR) is 37.2 cm³/mol. The molecule has 0 aliphatic carbocycles. The molecule has 0 aromatic rings. The van der Waals surface area contributed by atoms with Crippen molar-refractivity contribution >= 4 is 55.8 Å². The third-order valence-electron chi connectivity index (χ3n) is 0. The zero-order valence-corrected chi connectivity index (χ0v) is 9.49. The molecule has 0 atom stereocenters. The molecular weight excluding hydrogens is 224 g/mol. The third kappa shape index (κ3) is 530. The average Bonchev–Trinajstić information content (AvgIpc) is 1.12. The van der Waals surface area contributed by atoms with Gasteiger partial charge >= 0.3 is 55.8 Å². The van der Waals surface area contributed by atoms with E-state index in [1.165, 1.54) is 0 Å². The molecule has 0 rings (SSSR count). The van der Waals surface area contributed by atoms with E-state index in [9.17, 15) is 0 Å². The van der Waals surface area contributed by atoms with Crippen LogP contribution in [0.5, 0.6) is 0 Å². The van der Waals surface area contributed by atoms with Gasteiger partial charge in [-0.15, -0.1) is 0 Å². The van der Waals surface area contributed by atoms with Crippen molar-refractivity contribution in [3.63, 3.8) is 0 Å². The monoisotopic (exact) mass is 234 g/mol. The largest absolute Gasteiger partial charge is 2.00 e. The van der Waals surface area contributed by atoms with Crippen LogP contribution in [-0.2, 0) is 0 Å². The summed E-state index contributed by atoms with van der Waals surface area (Å²) in [4.78, 5) is 58.6. The minimum atomic E-state index is -4.61. The number of hydrogen-bond donors (Lipinski definition) is 8. The molecule has 0 fully saturated rings. The first-order chi connectivity index (χ1) is 4.00. The average molecular weight is 234 g/mol. The molecule has 0 aromatic carbocycles. The van der Waals surface area contributed by atoms with E-state index >= 15 is 0 Å². The van der Waals surface area contributed by atoms with Crippen LogP contribution < -0.4 is 0 Å². The van der Waals surface area contributed by atoms with Gasteiger partial charge in [0.1, 0.15) is 0 Å². The molecule has 11 heteroatoms. The Kier molecular flexibility index (Phi) is 11.3. The van der Waals surface area contributed by atoms with Crippen molar-refractivity contribution in [2.45, 2.75) is 0 Å². The molecule has 0 radical (unpaired) electrons. The second-order valence-corrected chi connectivity index (χ2v) is 3.60. The van der Waals surface area contributed by atoms with Gasteiger partial charge in [-0.25, -0.2) is 0 Å². The summed E-state index contributed by atoms with van der Waals surface area (Å²) >= 11 is 0. The molecule has 0 unspecified atom stereocenters. The van der Waals surface area contributed by atoms with Crippen LogP contribution in [0.25, 0.3) is 0 Å². The van der Waals surface area contributed by atoms with Crippen molar-refractivity contribution in [3.8, 4) is 0 Å². The molecule has 0 aromatic heterocycles. The van der Waals surface area contributed by atoms with Crippen LogP contribution in [0.15, 0.2) is 0 Å². The Morgan fingerprint density at radius 1 is 0.545 bits per heavy atom. The fraction of sp³-hybridized carbons (Fsp3) is 0. The van der Waals surface area contributed by atoms with E-state index in [2.05, 4.69) is 0 Å². The Balaban J connectivity index is -0.0000000267. The van der Waals surface area contributed by atoms with Gasteiger partial charge in [0.25, 0.3) is 0 Å². The Morgan fingerprint density at radius 3 is 0.545 bits per heavy atom. The Hall–Kier alpha value is 1.37. The van der Waals surface area contributed by atoms with E-state index in [4.69, 9.17) is 38.4 Å². The van der Waals surface area contributed by atoms with E-state index in [-0.39, 0.29) is 40.6 Å². The van der Waals surface area contributed by atoms with Crippen LogP contribution in [0.1, 0.15) is 2.85 Å². The summed E-state index contributed by atoms with van der Waals surface area (Å²) in [6.07, 6.45) is 0. The second-order valence-electron chi connectivity index (χ2n) is 1.20. The van der Waals surface area contributed by atoms with Gasteiger partial charge in [0.2, 0.25) is 0 Å². The van der Waals surface area contributed by atoms with Gasteiger partial charge in [0, 0.05) is 0 Å². The van der Waals surface area contributed by atoms with E-state index < -0.39 is 18.1 Å². The van der Waals surface area contributed by atoms with Crippen LogP contribution in [0.2, 0.25) is 0 Å². The fourth-order valence-corrected chi connectivity index (χ4v) is 0. The predicted octanol–water partition coefficient (Wildman–Crippen LogP) is -5.37. The van der Waals surface area contributed by atoms with Crippen molar-refractivity contribution in [3.05, 3.63) is 0 Å². The summed E-state index contributed by atoms with van der Waals surface area (Å²) < 4.78 is 0. The van der Waals surface area contributed by atoms with Crippen LogP contribution in [0.4, 0.5) is 0 Å². The summed E-state index contributed by atoms with van der Waals surface area (Å²) in [5.74, 6) is 0. The molecule has 0 saturated heterocycles. The van der Waals surface area contributed by atoms with Crippen molar-refractivity contribution in [2.24, 2.45) is 0 Å². The van der Waals surface area contributed by atoms with Crippen molar-refractivity contribution < 1.29 is 41.2 Å². The smallest absolute Gasteiger partial charge is 1.00 e. The molecule has 0 aliphatic rings. The van der Waals surface area contributed by atoms with E-state index in [0.717, 1.165) is 0 Å². The molecule has 0 aliphatic heterocycles. The molecule has 8 N–H and O–H groups in total. The quantitative estimate of drug-likeness (QED) is 0.193. The van der Waals surface area contributed by atoms with Crippen molar-refractivity contribution in [1.82, 2.24) is 0 Å². The van der Waals surface area contributed by atoms with Crippen LogP contribution >= 0.6 is 0 Å². The molecule has 0 heterocycles. The number of rotatable bonds is 0. The van der Waals surface area contributed by atoms with E-state index in [1.54, 1.807) is 0 Å². The standard InChI is InChI=1S/Ca.2H4O4Si.2H/c;2*1-5(2,3)4;;/h;2*1-4H;;/q+2;;;2*-1. The molecular formula is H10CaO8Si2. The zero-order valence-electron chi connectivity index (χ0n) is 7.28. The van der Waals surface area contributed by atoms with E-state index in [0.29, 0.717) is 0 Å². The third-order valence-corrected chi connectivity index (χ3v) is 0. The Bertz CT molecular complexity index is 63.1. The molecule has 11 heavy (non-hydrogen) atoms. The first-order valence-corrected chi connectivity index (χ1v) is 5.37. The van der Waals surface area contributed by atoms with Gasteiger partial charge in [-0.3, -0.25) is 0 Å². The fourth-order valence-electron chi connectivity index (χ4n) is 0. The van der Waals surface area contributed by atoms with Gasteiger partial charge in [0.15, 0.2) is 0 Å². The molecule has 0 amide bonds. The molecule has 0 saturated carbocycles. The normalized spacial score (nSPS) is 10.9. The Morgan fingerprint density at radius 2 is 0.545 bits per heavy atom. The van der Waals surface area contributed by atoms with Crippen LogP contribution in [0.3, 0.4) is 0 Å². The maximum absolute atomic E-state index is 7.33. The van der Waals surface area contributed by atoms with Gasteiger partial charge < -0.3 is 41.2 Å². The summed E-state index contributed by atoms with van der Waals surface area (Å²) in [6.45, 7) is 0. The maximum atomic E-state index is 7.33. The van der Waals surface area contributed by atoms with Crippen LogP contribution in [-0.4, -0.2) is 94.2 Å². The molecule has 68 valence electrons. The van der Waals surface area contributed by atoms with Crippen molar-refractivity contribution in [1.29, 1.82) is 0 Å². The molecule has 8 nitrogen and oxygen atoms in total. The maximum Gasteiger partial charge on any atom is 2.00 e. The van der Waals surface area contributed by atoms with Gasteiger partial charge in [-0.05, 0) is 0 Å². The summed E-state index contributed by atoms with van der Waals surface area (Å²) in [5, 5.41) is 0. The molecule has 0 bridgehead atoms. The van der Waals surface area contributed by atoms with Gasteiger partial charge in [-0.2, -0.15) is 0 Å². The first-order valence-electron chi connectivity index (χ1n) is 1.79. The zero-order chi connectivity index (χ0) is 9.00. The summed E-state index contributed by atoms with van der Waals surface area (Å²) in [6, 6.07) is 0. The van der Waals surface area contributed by atoms with Gasteiger partial charge in [0.05, 0.1) is 0 Å².